The molecule has 16 atom stereocenters. The molecule has 0 radical (unpaired) electrons. The van der Waals surface area contributed by atoms with Gasteiger partial charge in [-0.15, -0.1) is 25.7 Å². The number of hydrogen-bond acceptors (Lipinski definition) is 20. The minimum atomic E-state index is -2.18. The first-order valence-corrected chi connectivity index (χ1v) is 85.6. The molecule has 0 saturated carbocycles. The van der Waals surface area contributed by atoms with Crippen LogP contribution in [0.25, 0.3) is 0 Å². The van der Waals surface area contributed by atoms with Crippen LogP contribution in [0.1, 0.15) is 249 Å². The fraction of sp³-hybridized carbons (Fsp3) is 0.923. The topological polar surface area (TPSA) is 185 Å². The number of hydrogen-bond donors (Lipinski definition) is 0. The van der Waals surface area contributed by atoms with Crippen molar-refractivity contribution in [2.45, 2.75) is 565 Å². The predicted octanol–water partition coefficient (Wildman–Crippen LogP) is 28.7. The molecule has 800 valence electrons. The van der Waals surface area contributed by atoms with E-state index < -0.39 is 149 Å². The van der Waals surface area contributed by atoms with E-state index in [0.717, 1.165) is 0 Å². The standard InChI is InChI=1S/4C26H54O5Si3/c4*1-17-18-27-23-22(31-34(15,16)26(8,9)10)21(30-33(13,14)25(5,6)7)20(19-28-23)29-32(11,12)24(2,3)4/h4*1,20-23H,18-19H2,2-16H3/t4*20-,21+,22-,23-/m1111/s1. The maximum absolute atomic E-state index is 7.12. The second kappa shape index (κ2) is 48.3. The van der Waals surface area contributed by atoms with E-state index in [2.05, 4.69) is 430 Å². The molecule has 4 aliphatic rings. The van der Waals surface area contributed by atoms with E-state index >= 15 is 0 Å². The van der Waals surface area contributed by atoms with Crippen LogP contribution in [0.2, 0.25) is 218 Å². The van der Waals surface area contributed by atoms with Gasteiger partial charge in [0, 0.05) is 0 Å². The van der Waals surface area contributed by atoms with Gasteiger partial charge in [0.25, 0.3) is 0 Å². The molecule has 32 heteroatoms. The van der Waals surface area contributed by atoms with Gasteiger partial charge in [-0.3, -0.25) is 0 Å². The van der Waals surface area contributed by atoms with Crippen molar-refractivity contribution < 1.29 is 91.0 Å². The number of terminal acetylenes is 4. The highest BCUT2D eigenvalue weighted by atomic mass is 28.4. The van der Waals surface area contributed by atoms with Crippen LogP contribution in [0.5, 0.6) is 0 Å². The highest BCUT2D eigenvalue weighted by Crippen LogP contribution is 2.53. The molecule has 0 aliphatic carbocycles. The molecule has 0 spiro atoms. The van der Waals surface area contributed by atoms with E-state index in [4.69, 9.17) is 117 Å². The van der Waals surface area contributed by atoms with Gasteiger partial charge >= 0.3 is 0 Å². The van der Waals surface area contributed by atoms with Gasteiger partial charge in [0.2, 0.25) is 0 Å². The van der Waals surface area contributed by atoms with Crippen molar-refractivity contribution in [3.05, 3.63) is 0 Å². The predicted molar refractivity (Wildman–Crippen MR) is 603 cm³/mol. The van der Waals surface area contributed by atoms with Gasteiger partial charge in [-0.05, 0) is 218 Å². The van der Waals surface area contributed by atoms with Crippen LogP contribution in [-0.4, -0.2) is 251 Å². The van der Waals surface area contributed by atoms with Crippen LogP contribution in [0.4, 0.5) is 0 Å². The molecule has 4 aliphatic heterocycles. The first-order valence-electron chi connectivity index (χ1n) is 50.7. The lowest BCUT2D eigenvalue weighted by molar-refractivity contribution is -0.256. The minimum absolute atomic E-state index is 0.0262. The molecule has 4 heterocycles. The Labute approximate surface area is 852 Å². The van der Waals surface area contributed by atoms with Gasteiger partial charge in [0.05, 0.1) is 50.8 Å². The first kappa shape index (κ1) is 134. The van der Waals surface area contributed by atoms with Gasteiger partial charge < -0.3 is 91.0 Å². The third-order valence-corrected chi connectivity index (χ3v) is 87.6. The summed E-state index contributed by atoms with van der Waals surface area (Å²) in [6, 6.07) is 0. The fourth-order valence-electron chi connectivity index (χ4n) is 11.9. The summed E-state index contributed by atoms with van der Waals surface area (Å²) in [5.74, 6) is 10.3. The second-order valence-corrected chi connectivity index (χ2v) is 114. The van der Waals surface area contributed by atoms with Gasteiger partial charge in [0.15, 0.2) is 125 Å². The molecule has 20 nitrogen and oxygen atoms in total. The zero-order chi connectivity index (χ0) is 108. The summed E-state index contributed by atoms with van der Waals surface area (Å²) in [4.78, 5) is 0. The second-order valence-electron chi connectivity index (χ2n) is 57.3. The number of ether oxygens (including phenoxy) is 8. The van der Waals surface area contributed by atoms with Crippen molar-refractivity contribution in [1.29, 1.82) is 0 Å². The first-order chi connectivity index (χ1) is 59.9. The third kappa shape index (κ3) is 37.3. The maximum Gasteiger partial charge on any atom is 0.192 e. The highest BCUT2D eigenvalue weighted by Gasteiger charge is 2.61. The smallest absolute Gasteiger partial charge is 0.192 e. The molecule has 4 fully saturated rings. The molecule has 136 heavy (non-hydrogen) atoms. The minimum Gasteiger partial charge on any atom is -0.409 e. The van der Waals surface area contributed by atoms with Gasteiger partial charge in [-0.2, -0.15) is 0 Å². The molecular weight excluding hydrogens is 1910 g/mol. The van der Waals surface area contributed by atoms with Crippen molar-refractivity contribution in [2.75, 3.05) is 52.9 Å². The molecule has 0 N–H and O–H groups in total. The van der Waals surface area contributed by atoms with Crippen molar-refractivity contribution in [3.8, 4) is 49.4 Å². The highest BCUT2D eigenvalue weighted by molar-refractivity contribution is 6.79. The van der Waals surface area contributed by atoms with Gasteiger partial charge in [-0.1, -0.05) is 273 Å². The van der Waals surface area contributed by atoms with Crippen molar-refractivity contribution in [2.24, 2.45) is 0 Å². The Kier molecular flexibility index (Phi) is 47.6. The fourth-order valence-corrected chi connectivity index (χ4v) is 27.5. The van der Waals surface area contributed by atoms with E-state index in [0.29, 0.717) is 26.4 Å². The zero-order valence-electron chi connectivity index (χ0n) is 99.4. The molecule has 0 bridgehead atoms. The molecule has 0 aromatic heterocycles. The summed E-state index contributed by atoms with van der Waals surface area (Å²) < 4.78 is 133. The van der Waals surface area contributed by atoms with Crippen LogP contribution < -0.4 is 0 Å². The Bertz CT molecular complexity index is 3320. The van der Waals surface area contributed by atoms with Crippen LogP contribution in [0.3, 0.4) is 0 Å². The van der Waals surface area contributed by atoms with Crippen molar-refractivity contribution in [1.82, 2.24) is 0 Å². The molecule has 0 aromatic carbocycles. The lowest BCUT2D eigenvalue weighted by Crippen LogP contribution is -2.65. The Hall–Kier alpha value is 0.0426. The average molecular weight is 2120 g/mol. The summed E-state index contributed by atoms with van der Waals surface area (Å²) >= 11 is 0. The van der Waals surface area contributed by atoms with E-state index in [1.807, 2.05) is 0 Å². The van der Waals surface area contributed by atoms with Gasteiger partial charge in [0.1, 0.15) is 75.3 Å². The van der Waals surface area contributed by atoms with E-state index in [1.165, 1.54) is 0 Å². The summed E-state index contributed by atoms with van der Waals surface area (Å²) in [6.45, 7) is 138. The Balaban J connectivity index is 0.000000907. The largest absolute Gasteiger partial charge is 0.409 e. The summed E-state index contributed by atoms with van der Waals surface area (Å²) in [5.41, 5.74) is 0. The third-order valence-electron chi connectivity index (χ3n) is 33.8. The van der Waals surface area contributed by atoms with Crippen LogP contribution in [0, 0.1) is 49.4 Å². The van der Waals surface area contributed by atoms with Crippen molar-refractivity contribution >= 4 is 99.8 Å². The molecule has 0 unspecified atom stereocenters. The Morgan fingerprint density at radius 3 is 0.368 bits per heavy atom. The molecular formula is C104H216O20Si12. The SMILES string of the molecule is C#CCO[C@@H]1OC[C@@H](O[Si](C)(C)C(C)(C)C)[C@H](O[Si](C)(C)C(C)(C)C)[C@H]1O[Si](C)(C)C(C)(C)C.C#CCO[C@@H]1OC[C@@H](O[Si](C)(C)C(C)(C)C)[C@H](O[Si](C)(C)C(C)(C)C)[C@H]1O[Si](C)(C)C(C)(C)C.C#CCO[C@@H]1OC[C@@H](O[Si](C)(C)C(C)(C)C)[C@H](O[Si](C)(C)C(C)(C)C)[C@H]1O[Si](C)(C)C(C)(C)C.C#CCO[C@@H]1OC[C@@H](O[Si](C)(C)C(C)(C)C)[C@H](O[Si](C)(C)C(C)(C)C)[C@H]1O[Si](C)(C)C(C)(C)C. The van der Waals surface area contributed by atoms with Crippen molar-refractivity contribution in [3.63, 3.8) is 0 Å². The lowest BCUT2D eigenvalue weighted by Gasteiger charge is -2.52. The Morgan fingerprint density at radius 2 is 0.272 bits per heavy atom. The summed E-state index contributed by atoms with van der Waals surface area (Å²) in [6.07, 6.45) is 16.1. The van der Waals surface area contributed by atoms with Crippen LogP contribution in [0.15, 0.2) is 0 Å². The van der Waals surface area contributed by atoms with E-state index in [-0.39, 0.29) is 136 Å². The van der Waals surface area contributed by atoms with E-state index in [1.54, 1.807) is 0 Å². The lowest BCUT2D eigenvalue weighted by atomic mass is 10.1. The van der Waals surface area contributed by atoms with Gasteiger partial charge in [-0.25, -0.2) is 0 Å². The summed E-state index contributed by atoms with van der Waals surface area (Å²) in [5, 5.41) is 0.568. The summed E-state index contributed by atoms with van der Waals surface area (Å²) in [7, 11) is -25.7. The quantitative estimate of drug-likeness (QED) is 0.0457. The zero-order valence-corrected chi connectivity index (χ0v) is 111. The van der Waals surface area contributed by atoms with Crippen LogP contribution >= 0.6 is 0 Å². The monoisotopic (exact) mass is 2120 g/mol. The average Bonchev–Trinajstić information content (AvgIpc) is 0.772. The molecule has 0 aromatic rings. The molecule has 4 rings (SSSR count). The maximum atomic E-state index is 7.12. The molecule has 4 saturated heterocycles. The number of rotatable bonds is 32. The Morgan fingerprint density at radius 1 is 0.176 bits per heavy atom. The normalized spacial score (nSPS) is 25.8. The van der Waals surface area contributed by atoms with E-state index in [9.17, 15) is 0 Å². The van der Waals surface area contributed by atoms with Crippen LogP contribution in [-0.2, 0) is 91.0 Å². The molecule has 0 amide bonds.